The summed E-state index contributed by atoms with van der Waals surface area (Å²) in [4.78, 5) is 6.33. The Balaban J connectivity index is 2.24. The van der Waals surface area contributed by atoms with Gasteiger partial charge in [-0.3, -0.25) is 0 Å². The van der Waals surface area contributed by atoms with Crippen LogP contribution in [-0.4, -0.2) is 11.5 Å². The fraction of sp³-hybridized carbons (Fsp3) is 0.786. The highest BCUT2D eigenvalue weighted by Gasteiger charge is 2.27. The van der Waals surface area contributed by atoms with Crippen LogP contribution in [0.5, 0.6) is 0 Å². The summed E-state index contributed by atoms with van der Waals surface area (Å²) in [6.45, 7) is 7.27. The van der Waals surface area contributed by atoms with Gasteiger partial charge in [-0.05, 0) is 19.8 Å². The molecule has 0 aliphatic heterocycles. The van der Waals surface area contributed by atoms with Gasteiger partial charge in [0.15, 0.2) is 0 Å². The lowest BCUT2D eigenvalue weighted by Crippen LogP contribution is -2.28. The van der Waals surface area contributed by atoms with E-state index in [9.17, 15) is 0 Å². The summed E-state index contributed by atoms with van der Waals surface area (Å²) in [6, 6.07) is 0. The zero-order valence-electron chi connectivity index (χ0n) is 11.3. The highest BCUT2D eigenvalue weighted by molar-refractivity contribution is 7.11. The predicted octanol–water partition coefficient (Wildman–Crippen LogP) is 3.74. The maximum atomic E-state index is 5.84. The van der Waals surface area contributed by atoms with E-state index >= 15 is 0 Å². The van der Waals surface area contributed by atoms with E-state index in [1.807, 2.05) is 11.3 Å². The summed E-state index contributed by atoms with van der Waals surface area (Å²) in [5.41, 5.74) is 7.24. The molecule has 0 bridgehead atoms. The molecule has 1 aliphatic rings. The van der Waals surface area contributed by atoms with Crippen molar-refractivity contribution < 1.29 is 0 Å². The molecule has 1 fully saturated rings. The summed E-state index contributed by atoms with van der Waals surface area (Å²) in [5, 5.41) is 1.22. The number of nitrogens with two attached hydrogens (primary N) is 1. The third kappa shape index (κ3) is 2.71. The molecule has 0 radical (unpaired) electrons. The van der Waals surface area contributed by atoms with Crippen LogP contribution in [0.25, 0.3) is 0 Å². The van der Waals surface area contributed by atoms with E-state index in [4.69, 9.17) is 10.7 Å². The number of aromatic nitrogens is 1. The first-order valence-electron chi connectivity index (χ1n) is 6.72. The summed E-state index contributed by atoms with van der Waals surface area (Å²) < 4.78 is 0. The van der Waals surface area contributed by atoms with Crippen LogP contribution in [0.4, 0.5) is 0 Å². The molecule has 0 spiro atoms. The minimum Gasteiger partial charge on any atom is -0.330 e. The molecule has 0 aromatic carbocycles. The molecule has 1 saturated carbocycles. The maximum Gasteiger partial charge on any atom is 0.1000 e. The van der Waals surface area contributed by atoms with Crippen molar-refractivity contribution in [3.8, 4) is 0 Å². The number of thiazole rings is 1. The van der Waals surface area contributed by atoms with Gasteiger partial charge in [-0.2, -0.15) is 0 Å². The second-order valence-corrected chi connectivity index (χ2v) is 7.09. The molecular formula is C14H24N2S. The van der Waals surface area contributed by atoms with E-state index < -0.39 is 0 Å². The Labute approximate surface area is 109 Å². The minimum absolute atomic E-state index is 0.0301. The standard InChI is InChI=1S/C14H24N2S/c1-10-12(11-7-5-4-6-8-11)16-13(17-10)14(2,3)9-15/h11H,4-9,15H2,1-3H3. The van der Waals surface area contributed by atoms with Crippen LogP contribution in [0, 0.1) is 6.92 Å². The van der Waals surface area contributed by atoms with Gasteiger partial charge in [-0.25, -0.2) is 4.98 Å². The summed E-state index contributed by atoms with van der Waals surface area (Å²) in [6.07, 6.45) is 6.80. The molecule has 96 valence electrons. The Kier molecular flexibility index (Phi) is 3.88. The molecule has 1 aromatic rings. The number of hydrogen-bond donors (Lipinski definition) is 1. The van der Waals surface area contributed by atoms with Gasteiger partial charge in [0.25, 0.3) is 0 Å². The average molecular weight is 252 g/mol. The molecule has 3 heteroatoms. The second-order valence-electron chi connectivity index (χ2n) is 5.88. The topological polar surface area (TPSA) is 38.9 Å². The Hall–Kier alpha value is -0.410. The fourth-order valence-corrected chi connectivity index (χ4v) is 3.65. The highest BCUT2D eigenvalue weighted by atomic mass is 32.1. The van der Waals surface area contributed by atoms with Gasteiger partial charge in [-0.1, -0.05) is 33.1 Å². The molecule has 1 aromatic heterocycles. The van der Waals surface area contributed by atoms with Crippen LogP contribution >= 0.6 is 11.3 Å². The summed E-state index contributed by atoms with van der Waals surface area (Å²) >= 11 is 1.85. The average Bonchev–Trinajstić information content (AvgIpc) is 2.73. The SMILES string of the molecule is Cc1sc(C(C)(C)CN)nc1C1CCCCC1. The third-order valence-electron chi connectivity index (χ3n) is 3.91. The maximum absolute atomic E-state index is 5.84. The van der Waals surface area contributed by atoms with Gasteiger partial charge in [-0.15, -0.1) is 11.3 Å². The van der Waals surface area contributed by atoms with Crippen molar-refractivity contribution in [2.45, 2.75) is 64.2 Å². The molecule has 0 atom stereocenters. The van der Waals surface area contributed by atoms with E-state index in [-0.39, 0.29) is 5.41 Å². The first kappa shape index (κ1) is 13.0. The van der Waals surface area contributed by atoms with Gasteiger partial charge < -0.3 is 5.73 Å². The molecular weight excluding hydrogens is 228 g/mol. The van der Waals surface area contributed by atoms with Crippen LogP contribution in [0.1, 0.15) is 67.4 Å². The van der Waals surface area contributed by atoms with E-state index in [1.165, 1.54) is 47.7 Å². The molecule has 2 N–H and O–H groups in total. The first-order valence-corrected chi connectivity index (χ1v) is 7.54. The molecule has 1 aliphatic carbocycles. The smallest absolute Gasteiger partial charge is 0.1000 e. The van der Waals surface area contributed by atoms with E-state index in [1.54, 1.807) is 0 Å². The molecule has 0 unspecified atom stereocenters. The molecule has 0 amide bonds. The lowest BCUT2D eigenvalue weighted by atomic mass is 9.86. The Morgan fingerprint density at radius 3 is 2.53 bits per heavy atom. The number of rotatable bonds is 3. The van der Waals surface area contributed by atoms with Crippen molar-refractivity contribution in [3.63, 3.8) is 0 Å². The van der Waals surface area contributed by atoms with Crippen molar-refractivity contribution in [1.29, 1.82) is 0 Å². The van der Waals surface area contributed by atoms with Gasteiger partial charge >= 0.3 is 0 Å². The summed E-state index contributed by atoms with van der Waals surface area (Å²) in [7, 11) is 0. The van der Waals surface area contributed by atoms with Gasteiger partial charge in [0.05, 0.1) is 10.7 Å². The van der Waals surface area contributed by atoms with Gasteiger partial charge in [0.1, 0.15) is 0 Å². The summed E-state index contributed by atoms with van der Waals surface area (Å²) in [5.74, 6) is 0.710. The Bertz CT molecular complexity index is 376. The number of hydrogen-bond acceptors (Lipinski definition) is 3. The fourth-order valence-electron chi connectivity index (χ4n) is 2.54. The van der Waals surface area contributed by atoms with Crippen molar-refractivity contribution in [2.75, 3.05) is 6.54 Å². The zero-order valence-corrected chi connectivity index (χ0v) is 12.1. The normalized spacial score (nSPS) is 18.6. The third-order valence-corrected chi connectivity index (χ3v) is 5.27. The Morgan fingerprint density at radius 1 is 1.29 bits per heavy atom. The van der Waals surface area contributed by atoms with Crippen molar-refractivity contribution >= 4 is 11.3 Å². The minimum atomic E-state index is 0.0301. The lowest BCUT2D eigenvalue weighted by Gasteiger charge is -2.21. The van der Waals surface area contributed by atoms with Crippen LogP contribution in [0.15, 0.2) is 0 Å². The van der Waals surface area contributed by atoms with E-state index in [2.05, 4.69) is 20.8 Å². The number of nitrogens with zero attached hydrogens (tertiary/aromatic N) is 1. The molecule has 2 nitrogen and oxygen atoms in total. The van der Waals surface area contributed by atoms with Crippen LogP contribution in [-0.2, 0) is 5.41 Å². The molecule has 17 heavy (non-hydrogen) atoms. The lowest BCUT2D eigenvalue weighted by molar-refractivity contribution is 0.434. The largest absolute Gasteiger partial charge is 0.330 e. The zero-order chi connectivity index (χ0) is 12.5. The van der Waals surface area contributed by atoms with Crippen LogP contribution in [0.2, 0.25) is 0 Å². The quantitative estimate of drug-likeness (QED) is 0.890. The molecule has 0 saturated heterocycles. The van der Waals surface area contributed by atoms with Gasteiger partial charge in [0.2, 0.25) is 0 Å². The van der Waals surface area contributed by atoms with Crippen molar-refractivity contribution in [1.82, 2.24) is 4.98 Å². The Morgan fingerprint density at radius 2 is 1.94 bits per heavy atom. The highest BCUT2D eigenvalue weighted by Crippen LogP contribution is 2.38. The second kappa shape index (κ2) is 5.07. The van der Waals surface area contributed by atoms with E-state index in [0.717, 1.165) is 0 Å². The van der Waals surface area contributed by atoms with Crippen molar-refractivity contribution in [2.24, 2.45) is 5.73 Å². The molecule has 1 heterocycles. The van der Waals surface area contributed by atoms with Crippen LogP contribution < -0.4 is 5.73 Å². The van der Waals surface area contributed by atoms with Crippen LogP contribution in [0.3, 0.4) is 0 Å². The van der Waals surface area contributed by atoms with Gasteiger partial charge in [0, 0.05) is 22.8 Å². The molecule has 2 rings (SSSR count). The number of aryl methyl sites for hydroxylation is 1. The monoisotopic (exact) mass is 252 g/mol. The van der Waals surface area contributed by atoms with E-state index in [0.29, 0.717) is 12.5 Å². The predicted molar refractivity (Wildman–Crippen MR) is 74.8 cm³/mol. The van der Waals surface area contributed by atoms with Crippen molar-refractivity contribution in [3.05, 3.63) is 15.6 Å². The first-order chi connectivity index (χ1) is 8.04.